The molecule has 0 radical (unpaired) electrons. The van der Waals surface area contributed by atoms with Gasteiger partial charge in [0.05, 0.1) is 12.8 Å². The van der Waals surface area contributed by atoms with Crippen LogP contribution in [0.2, 0.25) is 0 Å². The molecule has 1 aromatic carbocycles. The van der Waals surface area contributed by atoms with Gasteiger partial charge in [-0.15, -0.1) is 5.10 Å². The second-order valence-electron chi connectivity index (χ2n) is 5.69. The molecule has 0 aromatic heterocycles. The second-order valence-corrected chi connectivity index (χ2v) is 5.69. The predicted octanol–water partition coefficient (Wildman–Crippen LogP) is 0.310. The first-order chi connectivity index (χ1) is 11.1. The first-order valence-electron chi connectivity index (χ1n) is 7.89. The number of rotatable bonds is 7. The maximum atomic E-state index is 5.77. The number of benzene rings is 1. The first kappa shape index (κ1) is 17.2. The van der Waals surface area contributed by atoms with Crippen molar-refractivity contribution in [2.75, 3.05) is 46.4 Å². The Morgan fingerprint density at radius 2 is 1.87 bits per heavy atom. The Morgan fingerprint density at radius 1 is 1.17 bits per heavy atom. The molecule has 0 atom stereocenters. The molecular weight excluding hydrogens is 292 g/mol. The molecule has 0 bridgehead atoms. The fourth-order valence-electron chi connectivity index (χ4n) is 2.36. The largest absolute Gasteiger partial charge is 0.494 e. The Kier molecular flexibility index (Phi) is 6.83. The molecule has 1 heterocycles. The molecule has 1 aliphatic heterocycles. The number of nitrogens with zero attached hydrogens (tertiary/aromatic N) is 4. The molecule has 2 rings (SSSR count). The average Bonchev–Trinajstić information content (AvgIpc) is 2.54. The molecule has 0 aliphatic carbocycles. The van der Waals surface area contributed by atoms with Gasteiger partial charge >= 0.3 is 0 Å². The molecule has 0 amide bonds. The van der Waals surface area contributed by atoms with Crippen LogP contribution in [0, 0.1) is 0 Å². The van der Waals surface area contributed by atoms with Crippen molar-refractivity contribution in [2.45, 2.75) is 6.42 Å². The summed E-state index contributed by atoms with van der Waals surface area (Å²) in [7, 11) is 2.17. The van der Waals surface area contributed by atoms with Crippen LogP contribution in [-0.2, 0) is 0 Å². The lowest BCUT2D eigenvalue weighted by molar-refractivity contribution is 0.145. The van der Waals surface area contributed by atoms with Gasteiger partial charge in [0.25, 0.3) is 0 Å². The summed E-state index contributed by atoms with van der Waals surface area (Å²) in [5.74, 6) is 0.809. The number of piperazine rings is 1. The lowest BCUT2D eigenvalue weighted by atomic mass is 10.2. The zero-order valence-corrected chi connectivity index (χ0v) is 13.7. The lowest BCUT2D eigenvalue weighted by Gasteiger charge is -2.32. The highest BCUT2D eigenvalue weighted by atomic mass is 16.5. The second kappa shape index (κ2) is 9.12. The Labute approximate surface area is 137 Å². The van der Waals surface area contributed by atoms with Crippen molar-refractivity contribution in [3.63, 3.8) is 0 Å². The van der Waals surface area contributed by atoms with Gasteiger partial charge in [0.2, 0.25) is 5.96 Å². The normalized spacial score (nSPS) is 16.6. The van der Waals surface area contributed by atoms with Crippen LogP contribution in [0.4, 0.5) is 0 Å². The quantitative estimate of drug-likeness (QED) is 0.327. The van der Waals surface area contributed by atoms with E-state index in [1.165, 1.54) is 0 Å². The summed E-state index contributed by atoms with van der Waals surface area (Å²) < 4.78 is 5.77. The molecule has 0 unspecified atom stereocenters. The monoisotopic (exact) mass is 318 g/mol. The Bertz CT molecular complexity index is 516. The SMILES string of the molecule is CN1CCN(CCCOc2ccc(C=NN=C(N)N)cc2)CC1. The Hall–Kier alpha value is -2.12. The topological polar surface area (TPSA) is 92.5 Å². The molecule has 7 nitrogen and oxygen atoms in total. The van der Waals surface area contributed by atoms with Gasteiger partial charge in [-0.25, -0.2) is 0 Å². The van der Waals surface area contributed by atoms with E-state index in [9.17, 15) is 0 Å². The molecule has 1 aromatic rings. The number of nitrogens with two attached hydrogens (primary N) is 2. The van der Waals surface area contributed by atoms with Crippen molar-refractivity contribution >= 4 is 12.2 Å². The zero-order valence-electron chi connectivity index (χ0n) is 13.7. The molecule has 0 saturated carbocycles. The van der Waals surface area contributed by atoms with E-state index in [1.807, 2.05) is 24.3 Å². The number of hydrogen-bond donors (Lipinski definition) is 2. The van der Waals surface area contributed by atoms with E-state index >= 15 is 0 Å². The van der Waals surface area contributed by atoms with E-state index < -0.39 is 0 Å². The van der Waals surface area contributed by atoms with Crippen LogP contribution in [0.3, 0.4) is 0 Å². The van der Waals surface area contributed by atoms with Crippen molar-refractivity contribution in [3.8, 4) is 5.75 Å². The van der Waals surface area contributed by atoms with Crippen molar-refractivity contribution in [1.29, 1.82) is 0 Å². The number of hydrogen-bond acceptors (Lipinski definition) is 5. The van der Waals surface area contributed by atoms with Crippen LogP contribution in [0.1, 0.15) is 12.0 Å². The molecule has 1 saturated heterocycles. The highest BCUT2D eigenvalue weighted by Gasteiger charge is 2.12. The third-order valence-electron chi connectivity index (χ3n) is 3.74. The van der Waals surface area contributed by atoms with E-state index in [-0.39, 0.29) is 5.96 Å². The van der Waals surface area contributed by atoms with Gasteiger partial charge in [-0.3, -0.25) is 0 Å². The molecule has 23 heavy (non-hydrogen) atoms. The standard InChI is InChI=1S/C16H26N6O/c1-21-8-10-22(11-9-21)7-2-12-23-15-5-3-14(4-6-15)13-19-20-16(17)18/h3-6,13H,2,7-12H2,1H3,(H4,17,18,20). The molecule has 7 heteroatoms. The van der Waals surface area contributed by atoms with E-state index in [1.54, 1.807) is 6.21 Å². The van der Waals surface area contributed by atoms with Crippen LogP contribution < -0.4 is 16.2 Å². The van der Waals surface area contributed by atoms with Crippen LogP contribution in [0.5, 0.6) is 5.75 Å². The molecule has 126 valence electrons. The van der Waals surface area contributed by atoms with E-state index in [4.69, 9.17) is 16.2 Å². The van der Waals surface area contributed by atoms with Crippen LogP contribution in [0.25, 0.3) is 0 Å². The van der Waals surface area contributed by atoms with E-state index in [0.29, 0.717) is 0 Å². The van der Waals surface area contributed by atoms with Gasteiger partial charge < -0.3 is 26.0 Å². The zero-order chi connectivity index (χ0) is 16.5. The Morgan fingerprint density at radius 3 is 2.52 bits per heavy atom. The van der Waals surface area contributed by atoms with Gasteiger partial charge in [0.15, 0.2) is 0 Å². The van der Waals surface area contributed by atoms with Crippen molar-refractivity contribution < 1.29 is 4.74 Å². The van der Waals surface area contributed by atoms with Crippen molar-refractivity contribution in [3.05, 3.63) is 29.8 Å². The summed E-state index contributed by atoms with van der Waals surface area (Å²) in [5, 5.41) is 7.32. The van der Waals surface area contributed by atoms with Crippen LogP contribution in [-0.4, -0.2) is 68.4 Å². The summed E-state index contributed by atoms with van der Waals surface area (Å²) in [6.45, 7) is 6.44. The minimum atomic E-state index is -0.0541. The fraction of sp³-hybridized carbons (Fsp3) is 0.500. The first-order valence-corrected chi connectivity index (χ1v) is 7.89. The lowest BCUT2D eigenvalue weighted by Crippen LogP contribution is -2.44. The molecule has 4 N–H and O–H groups in total. The summed E-state index contributed by atoms with van der Waals surface area (Å²) >= 11 is 0. The Balaban J connectivity index is 1.66. The van der Waals surface area contributed by atoms with Crippen molar-refractivity contribution in [1.82, 2.24) is 9.80 Å². The summed E-state index contributed by atoms with van der Waals surface area (Å²) in [6.07, 6.45) is 2.63. The number of guanidine groups is 1. The average molecular weight is 318 g/mol. The maximum absolute atomic E-state index is 5.77. The van der Waals surface area contributed by atoms with Gasteiger partial charge in [-0.1, -0.05) is 0 Å². The maximum Gasteiger partial charge on any atom is 0.211 e. The molecular formula is C16H26N6O. The van der Waals surface area contributed by atoms with Crippen LogP contribution >= 0.6 is 0 Å². The van der Waals surface area contributed by atoms with Crippen molar-refractivity contribution in [2.24, 2.45) is 21.7 Å². The minimum Gasteiger partial charge on any atom is -0.494 e. The van der Waals surface area contributed by atoms with Crippen LogP contribution in [0.15, 0.2) is 34.5 Å². The van der Waals surface area contributed by atoms with E-state index in [2.05, 4.69) is 27.1 Å². The number of likely N-dealkylation sites (N-methyl/N-ethyl adjacent to an activating group) is 1. The van der Waals surface area contributed by atoms with E-state index in [0.717, 1.165) is 57.1 Å². The van der Waals surface area contributed by atoms with Gasteiger partial charge in [-0.05, 0) is 43.3 Å². The summed E-state index contributed by atoms with van der Waals surface area (Å²) in [4.78, 5) is 4.86. The predicted molar refractivity (Wildman–Crippen MR) is 93.9 cm³/mol. The highest BCUT2D eigenvalue weighted by Crippen LogP contribution is 2.11. The summed E-state index contributed by atoms with van der Waals surface area (Å²) in [5.41, 5.74) is 11.3. The third kappa shape index (κ3) is 6.66. The minimum absolute atomic E-state index is 0.0541. The highest BCUT2D eigenvalue weighted by molar-refractivity contribution is 5.81. The molecule has 0 spiro atoms. The molecule has 1 fully saturated rings. The fourth-order valence-corrected chi connectivity index (χ4v) is 2.36. The van der Waals surface area contributed by atoms with Gasteiger partial charge in [-0.2, -0.15) is 5.10 Å². The summed E-state index contributed by atoms with van der Waals surface area (Å²) in [6, 6.07) is 7.68. The number of ether oxygens (including phenoxy) is 1. The third-order valence-corrected chi connectivity index (χ3v) is 3.74. The smallest absolute Gasteiger partial charge is 0.211 e. The van der Waals surface area contributed by atoms with Gasteiger partial charge in [0.1, 0.15) is 5.75 Å². The molecule has 1 aliphatic rings. The van der Waals surface area contributed by atoms with Gasteiger partial charge in [0, 0.05) is 32.7 Å².